The molecule has 0 aliphatic rings. The normalized spacial score (nSPS) is 12.8. The molecule has 0 aliphatic heterocycles. The zero-order valence-electron chi connectivity index (χ0n) is 31.9. The van der Waals surface area contributed by atoms with E-state index in [0.717, 1.165) is 25.7 Å². The van der Waals surface area contributed by atoms with Gasteiger partial charge in [0.2, 0.25) is 37.3 Å². The molecule has 0 spiro atoms. The number of rotatable bonds is 21. The highest BCUT2D eigenvalue weighted by atomic mass is 16.5. The standard InChI is InChI=1S/C37H61BN6O7/c1-24(2)30(44-29(45)14-10-9-11-19-40-31(46)26(21-36(3,4)5)22-37(6,7)8)33(48)43-28(13-12-20-41-35(39)50)32(47)42-27-17-15-25(16-18-27)23-51-34(38)49/h15-18,24,26,28,30H,9-14,19-23H2,1-8H3,(H,40,46)(H,42,47)(H,43,48)(H,44,45)(H3,39,41,50)/t28-,30-/m0/s1. The number of nitrogens with one attached hydrogen (secondary N) is 5. The molecule has 0 aliphatic carbocycles. The maximum absolute atomic E-state index is 13.4. The Kier molecular flexibility index (Phi) is 19.4. The molecule has 1 aromatic carbocycles. The molecule has 0 unspecified atom stereocenters. The number of unbranched alkanes of at least 4 members (excludes halogenated alkanes) is 2. The number of anilines is 1. The minimum atomic E-state index is -0.982. The number of primary amides is 1. The molecule has 1 aromatic rings. The van der Waals surface area contributed by atoms with E-state index < -0.39 is 35.8 Å². The Hall–Kier alpha value is -4.10. The van der Waals surface area contributed by atoms with E-state index in [-0.39, 0.29) is 60.5 Å². The molecular formula is C37H61BN6O7. The molecule has 7 N–H and O–H groups in total. The summed E-state index contributed by atoms with van der Waals surface area (Å²) in [6.07, 6.45) is 4.42. The van der Waals surface area contributed by atoms with Gasteiger partial charge in [0.05, 0.1) is 0 Å². The molecule has 0 saturated carbocycles. The summed E-state index contributed by atoms with van der Waals surface area (Å²) in [5, 5.41) is 13.9. The van der Waals surface area contributed by atoms with Gasteiger partial charge in [-0.1, -0.05) is 73.9 Å². The molecule has 0 heterocycles. The minimum absolute atomic E-state index is 0.0221. The summed E-state index contributed by atoms with van der Waals surface area (Å²) in [6.45, 7) is 17.2. The van der Waals surface area contributed by atoms with Crippen molar-refractivity contribution in [3.63, 3.8) is 0 Å². The Morgan fingerprint density at radius 2 is 1.35 bits per heavy atom. The van der Waals surface area contributed by atoms with Crippen molar-refractivity contribution >= 4 is 49.1 Å². The van der Waals surface area contributed by atoms with Crippen LogP contribution < -0.4 is 32.3 Å². The summed E-state index contributed by atoms with van der Waals surface area (Å²) in [5.41, 5.74) is 6.34. The van der Waals surface area contributed by atoms with Crippen molar-refractivity contribution in [2.75, 3.05) is 18.4 Å². The lowest BCUT2D eigenvalue weighted by Gasteiger charge is -2.30. The van der Waals surface area contributed by atoms with Gasteiger partial charge in [0.1, 0.15) is 18.7 Å². The van der Waals surface area contributed by atoms with Crippen LogP contribution in [0.4, 0.5) is 15.3 Å². The summed E-state index contributed by atoms with van der Waals surface area (Å²) in [4.78, 5) is 74.5. The van der Waals surface area contributed by atoms with E-state index in [1.54, 1.807) is 38.1 Å². The molecule has 284 valence electrons. The first-order valence-electron chi connectivity index (χ1n) is 17.9. The predicted octanol–water partition coefficient (Wildman–Crippen LogP) is 4.67. The van der Waals surface area contributed by atoms with Gasteiger partial charge >= 0.3 is 6.03 Å². The van der Waals surface area contributed by atoms with Crippen molar-refractivity contribution in [1.29, 1.82) is 0 Å². The summed E-state index contributed by atoms with van der Waals surface area (Å²) in [6, 6.07) is 3.98. The van der Waals surface area contributed by atoms with Crippen LogP contribution in [0, 0.1) is 22.7 Å². The van der Waals surface area contributed by atoms with Crippen LogP contribution in [0.2, 0.25) is 0 Å². The van der Waals surface area contributed by atoms with Crippen LogP contribution in [-0.4, -0.2) is 68.5 Å². The lowest BCUT2D eigenvalue weighted by atomic mass is 9.76. The van der Waals surface area contributed by atoms with E-state index >= 15 is 0 Å². The molecule has 51 heavy (non-hydrogen) atoms. The zero-order valence-corrected chi connectivity index (χ0v) is 31.9. The maximum Gasteiger partial charge on any atom is 0.312 e. The lowest BCUT2D eigenvalue weighted by molar-refractivity contribution is -0.132. The average molecular weight is 713 g/mol. The quantitative estimate of drug-likeness (QED) is 0.0786. The topological polar surface area (TPSA) is 198 Å². The van der Waals surface area contributed by atoms with Crippen LogP contribution in [0.5, 0.6) is 0 Å². The number of carbonyl (C=O) groups excluding carboxylic acids is 6. The molecule has 14 heteroatoms. The van der Waals surface area contributed by atoms with Gasteiger partial charge in [-0.2, -0.15) is 0 Å². The molecule has 6 amide bonds. The monoisotopic (exact) mass is 712 g/mol. The number of nitrogens with two attached hydrogens (primary N) is 1. The third-order valence-electron chi connectivity index (χ3n) is 7.94. The SMILES string of the molecule is [B]C(=O)OCc1ccc(NC(=O)[C@H](CCCNC(N)=O)NC(=O)[C@@H](NC(=O)CCCCCNC(=O)C(CC(C)(C)C)CC(C)(C)C)C(C)C)cc1. The van der Waals surface area contributed by atoms with E-state index in [4.69, 9.17) is 18.3 Å². The van der Waals surface area contributed by atoms with Crippen LogP contribution in [0.1, 0.15) is 112 Å². The summed E-state index contributed by atoms with van der Waals surface area (Å²) < 4.78 is 4.77. The number of hydrogen-bond donors (Lipinski definition) is 6. The number of benzene rings is 1. The Morgan fingerprint density at radius 1 is 0.765 bits per heavy atom. The highest BCUT2D eigenvalue weighted by Gasteiger charge is 2.30. The van der Waals surface area contributed by atoms with Gasteiger partial charge in [-0.05, 0) is 73.0 Å². The van der Waals surface area contributed by atoms with Gasteiger partial charge in [-0.15, -0.1) is 0 Å². The second-order valence-electron chi connectivity index (χ2n) is 15.9. The van der Waals surface area contributed by atoms with Gasteiger partial charge in [-0.3, -0.25) is 24.0 Å². The van der Waals surface area contributed by atoms with Gasteiger partial charge < -0.3 is 37.1 Å². The van der Waals surface area contributed by atoms with Gasteiger partial charge in [0.25, 0.3) is 0 Å². The van der Waals surface area contributed by atoms with Crippen LogP contribution in [-0.2, 0) is 30.5 Å². The Bertz CT molecular complexity index is 1280. The Morgan fingerprint density at radius 3 is 1.88 bits per heavy atom. The van der Waals surface area contributed by atoms with Crippen LogP contribution in [0.25, 0.3) is 0 Å². The van der Waals surface area contributed by atoms with Crippen molar-refractivity contribution in [2.45, 2.75) is 125 Å². The highest BCUT2D eigenvalue weighted by molar-refractivity contribution is 6.55. The summed E-state index contributed by atoms with van der Waals surface area (Å²) in [7, 11) is 5.00. The zero-order chi connectivity index (χ0) is 38.8. The smallest absolute Gasteiger partial charge is 0.312 e. The molecule has 0 fully saturated rings. The molecular weight excluding hydrogens is 651 g/mol. The Labute approximate surface area is 305 Å². The lowest BCUT2D eigenvalue weighted by Crippen LogP contribution is -2.54. The van der Waals surface area contributed by atoms with Crippen molar-refractivity contribution in [3.8, 4) is 0 Å². The van der Waals surface area contributed by atoms with E-state index in [1.165, 1.54) is 0 Å². The van der Waals surface area contributed by atoms with Crippen LogP contribution in [0.15, 0.2) is 24.3 Å². The fraction of sp³-hybridized carbons (Fsp3) is 0.676. The number of urea groups is 1. The molecule has 1 rings (SSSR count). The summed E-state index contributed by atoms with van der Waals surface area (Å²) >= 11 is 0. The first-order chi connectivity index (χ1) is 23.7. The van der Waals surface area contributed by atoms with Crippen molar-refractivity contribution in [1.82, 2.24) is 21.3 Å². The fourth-order valence-electron chi connectivity index (χ4n) is 5.58. The molecule has 0 saturated heterocycles. The summed E-state index contributed by atoms with van der Waals surface area (Å²) in [5.74, 6) is -2.44. The van der Waals surface area contributed by atoms with Crippen molar-refractivity contribution in [3.05, 3.63) is 29.8 Å². The molecule has 2 radical (unpaired) electrons. The maximum atomic E-state index is 13.4. The first-order valence-corrected chi connectivity index (χ1v) is 17.9. The second kappa shape index (κ2) is 22.0. The second-order valence-corrected chi connectivity index (χ2v) is 15.9. The Balaban J connectivity index is 2.73. The first kappa shape index (κ1) is 44.9. The largest absolute Gasteiger partial charge is 0.470 e. The number of amides is 6. The van der Waals surface area contributed by atoms with E-state index in [1.807, 2.05) is 0 Å². The molecule has 0 aromatic heterocycles. The van der Waals surface area contributed by atoms with Crippen molar-refractivity contribution in [2.24, 2.45) is 28.4 Å². The predicted molar refractivity (Wildman–Crippen MR) is 200 cm³/mol. The number of carbonyl (C=O) groups is 6. The average Bonchev–Trinajstić information content (AvgIpc) is 3.00. The highest BCUT2D eigenvalue weighted by Crippen LogP contribution is 2.33. The van der Waals surface area contributed by atoms with Gasteiger partial charge in [0.15, 0.2) is 0 Å². The van der Waals surface area contributed by atoms with Crippen LogP contribution in [0.3, 0.4) is 0 Å². The van der Waals surface area contributed by atoms with Gasteiger partial charge in [-0.25, -0.2) is 4.79 Å². The minimum Gasteiger partial charge on any atom is -0.470 e. The van der Waals surface area contributed by atoms with E-state index in [0.29, 0.717) is 30.6 Å². The third kappa shape index (κ3) is 21.0. The third-order valence-corrected chi connectivity index (χ3v) is 7.94. The van der Waals surface area contributed by atoms with Crippen LogP contribution >= 0.6 is 0 Å². The van der Waals surface area contributed by atoms with E-state index in [2.05, 4.69) is 68.1 Å². The van der Waals surface area contributed by atoms with Crippen molar-refractivity contribution < 1.29 is 33.5 Å². The fourth-order valence-corrected chi connectivity index (χ4v) is 5.58. The van der Waals surface area contributed by atoms with Gasteiger partial charge in [0, 0.05) is 31.1 Å². The number of ether oxygens (including phenoxy) is 1. The molecule has 2 atom stereocenters. The molecule has 13 nitrogen and oxygen atoms in total. The van der Waals surface area contributed by atoms with E-state index in [9.17, 15) is 28.8 Å². The number of hydrogen-bond acceptors (Lipinski definition) is 7. The molecule has 0 bridgehead atoms.